The first kappa shape index (κ1) is 17.2. The molecule has 0 fully saturated rings. The van der Waals surface area contributed by atoms with E-state index in [4.69, 9.17) is 10.00 Å². The summed E-state index contributed by atoms with van der Waals surface area (Å²) in [4.78, 5) is 12.1. The zero-order valence-electron chi connectivity index (χ0n) is 13.2. The lowest BCUT2D eigenvalue weighted by Crippen LogP contribution is -2.43. The second kappa shape index (κ2) is 7.80. The number of carbonyl (C=O) groups is 1. The zero-order chi connectivity index (χ0) is 15.9. The molecule has 0 aliphatic carbocycles. The molecule has 1 amide bonds. The second-order valence-corrected chi connectivity index (χ2v) is 6.34. The SMILES string of the molecule is C[C@H](COCc1ccccc1)NC(=O)[C@@H](C#N)C(C)(C)C. The van der Waals surface area contributed by atoms with E-state index in [9.17, 15) is 4.79 Å². The van der Waals surface area contributed by atoms with E-state index in [-0.39, 0.29) is 17.4 Å². The van der Waals surface area contributed by atoms with Crippen molar-refractivity contribution in [3.05, 3.63) is 35.9 Å². The average molecular weight is 288 g/mol. The van der Waals surface area contributed by atoms with Gasteiger partial charge in [-0.25, -0.2) is 0 Å². The summed E-state index contributed by atoms with van der Waals surface area (Å²) in [7, 11) is 0. The molecule has 0 aromatic heterocycles. The van der Waals surface area contributed by atoms with E-state index < -0.39 is 5.92 Å². The predicted octanol–water partition coefficient (Wildman–Crippen LogP) is 2.89. The minimum atomic E-state index is -0.658. The van der Waals surface area contributed by atoms with Crippen LogP contribution in [0.25, 0.3) is 0 Å². The maximum absolute atomic E-state index is 12.1. The van der Waals surface area contributed by atoms with Crippen molar-refractivity contribution in [2.45, 2.75) is 40.3 Å². The van der Waals surface area contributed by atoms with Gasteiger partial charge >= 0.3 is 0 Å². The summed E-state index contributed by atoms with van der Waals surface area (Å²) in [6.07, 6.45) is 0. The van der Waals surface area contributed by atoms with Crippen LogP contribution in [0.2, 0.25) is 0 Å². The van der Waals surface area contributed by atoms with Crippen molar-refractivity contribution in [2.24, 2.45) is 11.3 Å². The summed E-state index contributed by atoms with van der Waals surface area (Å²) < 4.78 is 5.58. The fourth-order valence-electron chi connectivity index (χ4n) is 1.94. The number of carbonyl (C=O) groups excluding carboxylic acids is 1. The van der Waals surface area contributed by atoms with Gasteiger partial charge in [-0.2, -0.15) is 5.26 Å². The smallest absolute Gasteiger partial charge is 0.238 e. The van der Waals surface area contributed by atoms with Crippen LogP contribution in [-0.2, 0) is 16.1 Å². The van der Waals surface area contributed by atoms with Gasteiger partial charge in [0.15, 0.2) is 0 Å². The van der Waals surface area contributed by atoms with Crippen LogP contribution < -0.4 is 5.32 Å². The largest absolute Gasteiger partial charge is 0.375 e. The summed E-state index contributed by atoms with van der Waals surface area (Å²) in [6, 6.07) is 11.8. The van der Waals surface area contributed by atoms with Crippen LogP contribution in [0, 0.1) is 22.7 Å². The molecular weight excluding hydrogens is 264 g/mol. The van der Waals surface area contributed by atoms with E-state index in [1.54, 1.807) is 0 Å². The van der Waals surface area contributed by atoms with Crippen LogP contribution in [0.3, 0.4) is 0 Å². The first-order valence-electron chi connectivity index (χ1n) is 7.16. The highest BCUT2D eigenvalue weighted by molar-refractivity contribution is 5.82. The summed E-state index contributed by atoms with van der Waals surface area (Å²) in [5.74, 6) is -0.894. The third kappa shape index (κ3) is 5.97. The van der Waals surface area contributed by atoms with Gasteiger partial charge in [-0.3, -0.25) is 4.79 Å². The molecule has 0 saturated carbocycles. The standard InChI is InChI=1S/C17H24N2O2/c1-13(11-21-12-14-8-6-5-7-9-14)19-16(20)15(10-18)17(2,3)4/h5-9,13,15H,11-12H2,1-4H3,(H,19,20)/t13-,15-/m1/s1. The molecule has 0 unspecified atom stereocenters. The van der Waals surface area contributed by atoms with E-state index in [1.807, 2.05) is 58.0 Å². The van der Waals surface area contributed by atoms with Gasteiger partial charge in [-0.15, -0.1) is 0 Å². The summed E-state index contributed by atoms with van der Waals surface area (Å²) in [6.45, 7) is 8.47. The fourth-order valence-corrected chi connectivity index (χ4v) is 1.94. The Hall–Kier alpha value is -1.86. The lowest BCUT2D eigenvalue weighted by molar-refractivity contribution is -0.127. The highest BCUT2D eigenvalue weighted by Gasteiger charge is 2.31. The third-order valence-corrected chi connectivity index (χ3v) is 3.13. The van der Waals surface area contributed by atoms with E-state index in [2.05, 4.69) is 11.4 Å². The molecule has 2 atom stereocenters. The van der Waals surface area contributed by atoms with Crippen molar-refractivity contribution in [1.82, 2.24) is 5.32 Å². The van der Waals surface area contributed by atoms with Gasteiger partial charge in [0, 0.05) is 6.04 Å². The van der Waals surface area contributed by atoms with Crippen LogP contribution >= 0.6 is 0 Å². The molecule has 0 bridgehead atoms. The molecule has 4 nitrogen and oxygen atoms in total. The normalized spacial score (nSPS) is 14.0. The summed E-state index contributed by atoms with van der Waals surface area (Å²) in [5.41, 5.74) is 0.726. The molecule has 21 heavy (non-hydrogen) atoms. The summed E-state index contributed by atoms with van der Waals surface area (Å²) >= 11 is 0. The van der Waals surface area contributed by atoms with Crippen LogP contribution in [0.5, 0.6) is 0 Å². The van der Waals surface area contributed by atoms with E-state index in [1.165, 1.54) is 0 Å². The molecule has 0 aliphatic heterocycles. The van der Waals surface area contributed by atoms with Crippen LogP contribution in [-0.4, -0.2) is 18.6 Å². The van der Waals surface area contributed by atoms with Crippen LogP contribution in [0.1, 0.15) is 33.3 Å². The average Bonchev–Trinajstić information content (AvgIpc) is 2.38. The predicted molar refractivity (Wildman–Crippen MR) is 82.3 cm³/mol. The Bertz CT molecular complexity index is 486. The van der Waals surface area contributed by atoms with Gasteiger partial charge in [0.05, 0.1) is 19.3 Å². The maximum Gasteiger partial charge on any atom is 0.238 e. The van der Waals surface area contributed by atoms with Gasteiger partial charge in [0.1, 0.15) is 5.92 Å². The molecule has 1 N–H and O–H groups in total. The van der Waals surface area contributed by atoms with E-state index in [0.29, 0.717) is 13.2 Å². The number of ether oxygens (including phenoxy) is 1. The van der Waals surface area contributed by atoms with Gasteiger partial charge < -0.3 is 10.1 Å². The summed E-state index contributed by atoms with van der Waals surface area (Å²) in [5, 5.41) is 12.0. The molecule has 0 spiro atoms. The van der Waals surface area contributed by atoms with Crippen molar-refractivity contribution >= 4 is 5.91 Å². The number of nitrogens with zero attached hydrogens (tertiary/aromatic N) is 1. The van der Waals surface area contributed by atoms with E-state index in [0.717, 1.165) is 5.56 Å². The highest BCUT2D eigenvalue weighted by Crippen LogP contribution is 2.25. The van der Waals surface area contributed by atoms with Crippen LogP contribution in [0.15, 0.2) is 30.3 Å². The van der Waals surface area contributed by atoms with Gasteiger partial charge in [0.25, 0.3) is 0 Å². The molecule has 1 aromatic rings. The fraction of sp³-hybridized carbons (Fsp3) is 0.529. The number of benzene rings is 1. The molecule has 0 radical (unpaired) electrons. The number of hydrogen-bond acceptors (Lipinski definition) is 3. The molecule has 0 saturated heterocycles. The monoisotopic (exact) mass is 288 g/mol. The Morgan fingerprint density at radius 3 is 2.48 bits per heavy atom. The number of amides is 1. The molecule has 4 heteroatoms. The van der Waals surface area contributed by atoms with Crippen LogP contribution in [0.4, 0.5) is 0 Å². The van der Waals surface area contributed by atoms with E-state index >= 15 is 0 Å². The number of rotatable bonds is 6. The Kier molecular flexibility index (Phi) is 6.39. The molecule has 0 aliphatic rings. The minimum absolute atomic E-state index is 0.126. The quantitative estimate of drug-likeness (QED) is 0.875. The van der Waals surface area contributed by atoms with Crippen molar-refractivity contribution in [1.29, 1.82) is 5.26 Å². The topological polar surface area (TPSA) is 62.1 Å². The molecule has 1 aromatic carbocycles. The van der Waals surface area contributed by atoms with Crippen molar-refractivity contribution < 1.29 is 9.53 Å². The third-order valence-electron chi connectivity index (χ3n) is 3.13. The van der Waals surface area contributed by atoms with Gasteiger partial charge in [-0.05, 0) is 17.9 Å². The number of hydrogen-bond donors (Lipinski definition) is 1. The Balaban J connectivity index is 2.38. The first-order chi connectivity index (χ1) is 9.84. The number of nitrogens with one attached hydrogen (secondary N) is 1. The van der Waals surface area contributed by atoms with Crippen molar-refractivity contribution in [3.63, 3.8) is 0 Å². The van der Waals surface area contributed by atoms with Crippen molar-refractivity contribution in [3.8, 4) is 6.07 Å². The zero-order valence-corrected chi connectivity index (χ0v) is 13.2. The molecular formula is C17H24N2O2. The first-order valence-corrected chi connectivity index (χ1v) is 7.16. The lowest BCUT2D eigenvalue weighted by Gasteiger charge is -2.25. The molecule has 114 valence electrons. The maximum atomic E-state index is 12.1. The van der Waals surface area contributed by atoms with Gasteiger partial charge in [0.2, 0.25) is 5.91 Å². The Morgan fingerprint density at radius 2 is 1.95 bits per heavy atom. The lowest BCUT2D eigenvalue weighted by atomic mass is 9.81. The van der Waals surface area contributed by atoms with Crippen molar-refractivity contribution in [2.75, 3.05) is 6.61 Å². The second-order valence-electron chi connectivity index (χ2n) is 6.34. The minimum Gasteiger partial charge on any atom is -0.375 e. The Labute approximate surface area is 127 Å². The highest BCUT2D eigenvalue weighted by atomic mass is 16.5. The van der Waals surface area contributed by atoms with Gasteiger partial charge in [-0.1, -0.05) is 51.1 Å². The molecule has 1 rings (SSSR count). The Morgan fingerprint density at radius 1 is 1.33 bits per heavy atom. The number of nitriles is 1. The molecule has 0 heterocycles.